The molecular weight excluding hydrogens is 262 g/mol. The standard InChI is InChI=1S/C13H18ClN5/c1-15-11(16-2)7-8-17-12-9-5-3-4-6-10(9)18-13(14)19-12/h3-6,11,15-16H,7-8H2,1-2H3,(H,17,18,19). The molecule has 0 aliphatic heterocycles. The molecule has 1 aromatic carbocycles. The Labute approximate surface area is 117 Å². The fourth-order valence-electron chi connectivity index (χ4n) is 1.95. The summed E-state index contributed by atoms with van der Waals surface area (Å²) in [7, 11) is 3.86. The van der Waals surface area contributed by atoms with Crippen LogP contribution >= 0.6 is 11.6 Å². The lowest BCUT2D eigenvalue weighted by Gasteiger charge is -2.16. The third-order valence-corrected chi connectivity index (χ3v) is 3.17. The molecule has 0 amide bonds. The molecule has 2 rings (SSSR count). The van der Waals surface area contributed by atoms with Gasteiger partial charge in [0.15, 0.2) is 0 Å². The first-order valence-electron chi connectivity index (χ1n) is 6.25. The molecule has 0 unspecified atom stereocenters. The van der Waals surface area contributed by atoms with E-state index in [-0.39, 0.29) is 11.4 Å². The average molecular weight is 280 g/mol. The van der Waals surface area contributed by atoms with Crippen molar-refractivity contribution in [2.24, 2.45) is 0 Å². The van der Waals surface area contributed by atoms with Crippen LogP contribution in [-0.4, -0.2) is 36.8 Å². The minimum absolute atomic E-state index is 0.264. The molecule has 0 bridgehead atoms. The van der Waals surface area contributed by atoms with Gasteiger partial charge in [0.05, 0.1) is 11.7 Å². The van der Waals surface area contributed by atoms with Crippen LogP contribution in [0, 0.1) is 0 Å². The number of fused-ring (bicyclic) bond motifs is 1. The fraction of sp³-hybridized carbons (Fsp3) is 0.385. The summed E-state index contributed by atoms with van der Waals surface area (Å²) in [5.74, 6) is 0.779. The Morgan fingerprint density at radius 2 is 1.89 bits per heavy atom. The van der Waals surface area contributed by atoms with E-state index in [0.717, 1.165) is 29.7 Å². The van der Waals surface area contributed by atoms with E-state index < -0.39 is 0 Å². The highest BCUT2D eigenvalue weighted by Crippen LogP contribution is 2.21. The number of nitrogens with one attached hydrogen (secondary N) is 3. The SMILES string of the molecule is CNC(CCNc1nc(Cl)nc2ccccc12)NC. The third-order valence-electron chi connectivity index (χ3n) is 3.00. The van der Waals surface area contributed by atoms with Gasteiger partial charge < -0.3 is 16.0 Å². The summed E-state index contributed by atoms with van der Waals surface area (Å²) in [6, 6.07) is 7.82. The Morgan fingerprint density at radius 3 is 2.63 bits per heavy atom. The van der Waals surface area contributed by atoms with Crippen molar-refractivity contribution >= 4 is 28.3 Å². The molecule has 5 nitrogen and oxygen atoms in total. The van der Waals surface area contributed by atoms with E-state index in [1.54, 1.807) is 0 Å². The van der Waals surface area contributed by atoms with Gasteiger partial charge in [-0.2, -0.15) is 0 Å². The number of rotatable bonds is 6. The van der Waals surface area contributed by atoms with Crippen LogP contribution in [-0.2, 0) is 0 Å². The monoisotopic (exact) mass is 279 g/mol. The maximum absolute atomic E-state index is 5.93. The molecule has 1 heterocycles. The molecule has 0 aliphatic rings. The summed E-state index contributed by atoms with van der Waals surface area (Å²) in [5.41, 5.74) is 0.851. The molecule has 3 N–H and O–H groups in total. The van der Waals surface area contributed by atoms with Crippen molar-refractivity contribution in [1.29, 1.82) is 0 Å². The van der Waals surface area contributed by atoms with E-state index in [9.17, 15) is 0 Å². The van der Waals surface area contributed by atoms with E-state index in [1.807, 2.05) is 38.4 Å². The zero-order valence-corrected chi connectivity index (χ0v) is 11.8. The first kappa shape index (κ1) is 14.0. The smallest absolute Gasteiger partial charge is 0.224 e. The average Bonchev–Trinajstić information content (AvgIpc) is 2.43. The van der Waals surface area contributed by atoms with Crippen molar-refractivity contribution < 1.29 is 0 Å². The number of benzene rings is 1. The highest BCUT2D eigenvalue weighted by molar-refractivity contribution is 6.28. The Morgan fingerprint density at radius 1 is 1.16 bits per heavy atom. The molecule has 0 saturated heterocycles. The number of aromatic nitrogens is 2. The van der Waals surface area contributed by atoms with Crippen LogP contribution in [0.4, 0.5) is 5.82 Å². The second-order valence-corrected chi connectivity index (χ2v) is 4.54. The Bertz CT molecular complexity index is 542. The predicted octanol–water partition coefficient (Wildman–Crippen LogP) is 1.85. The van der Waals surface area contributed by atoms with Gasteiger partial charge in [-0.1, -0.05) is 12.1 Å². The van der Waals surface area contributed by atoms with Gasteiger partial charge in [-0.15, -0.1) is 0 Å². The molecule has 1 aromatic heterocycles. The van der Waals surface area contributed by atoms with E-state index in [1.165, 1.54) is 0 Å². The molecule has 0 spiro atoms. The summed E-state index contributed by atoms with van der Waals surface area (Å²) in [5, 5.41) is 10.9. The van der Waals surface area contributed by atoms with Crippen molar-refractivity contribution in [2.45, 2.75) is 12.6 Å². The molecule has 6 heteroatoms. The number of hydrogen-bond donors (Lipinski definition) is 3. The second-order valence-electron chi connectivity index (χ2n) is 4.20. The zero-order chi connectivity index (χ0) is 13.7. The Kier molecular flexibility index (Phi) is 4.90. The minimum Gasteiger partial charge on any atom is -0.369 e. The van der Waals surface area contributed by atoms with Crippen LogP contribution in [0.15, 0.2) is 24.3 Å². The van der Waals surface area contributed by atoms with Crippen LogP contribution < -0.4 is 16.0 Å². The highest BCUT2D eigenvalue weighted by atomic mass is 35.5. The third kappa shape index (κ3) is 3.53. The van der Waals surface area contributed by atoms with Crippen molar-refractivity contribution in [2.75, 3.05) is 26.0 Å². The summed E-state index contributed by atoms with van der Waals surface area (Å²) < 4.78 is 0. The zero-order valence-electron chi connectivity index (χ0n) is 11.1. The molecule has 102 valence electrons. The van der Waals surface area contributed by atoms with Gasteiger partial charge in [0, 0.05) is 11.9 Å². The van der Waals surface area contributed by atoms with Crippen LogP contribution in [0.1, 0.15) is 6.42 Å². The maximum Gasteiger partial charge on any atom is 0.224 e. The predicted molar refractivity (Wildman–Crippen MR) is 79.6 cm³/mol. The van der Waals surface area contributed by atoms with E-state index >= 15 is 0 Å². The maximum atomic E-state index is 5.93. The van der Waals surface area contributed by atoms with Crippen molar-refractivity contribution in [1.82, 2.24) is 20.6 Å². The Hall–Kier alpha value is -1.43. The summed E-state index contributed by atoms with van der Waals surface area (Å²) in [6.45, 7) is 0.795. The van der Waals surface area contributed by atoms with Crippen LogP contribution in [0.25, 0.3) is 10.9 Å². The highest BCUT2D eigenvalue weighted by Gasteiger charge is 2.07. The molecule has 0 radical (unpaired) electrons. The van der Waals surface area contributed by atoms with Crippen molar-refractivity contribution in [3.05, 3.63) is 29.5 Å². The number of hydrogen-bond acceptors (Lipinski definition) is 5. The molecule has 0 aliphatic carbocycles. The fourth-order valence-corrected chi connectivity index (χ4v) is 2.13. The lowest BCUT2D eigenvalue weighted by Crippen LogP contribution is -2.39. The first-order valence-corrected chi connectivity index (χ1v) is 6.63. The van der Waals surface area contributed by atoms with Gasteiger partial charge in [-0.25, -0.2) is 9.97 Å². The normalized spacial score (nSPS) is 11.2. The molecule has 0 saturated carbocycles. The summed E-state index contributed by atoms with van der Waals surface area (Å²) in [6.07, 6.45) is 1.21. The van der Waals surface area contributed by atoms with E-state index in [2.05, 4.69) is 25.9 Å². The number of halogens is 1. The van der Waals surface area contributed by atoms with Gasteiger partial charge in [-0.05, 0) is 44.2 Å². The molecule has 2 aromatic rings. The lowest BCUT2D eigenvalue weighted by molar-refractivity contribution is 0.473. The van der Waals surface area contributed by atoms with Crippen LogP contribution in [0.2, 0.25) is 5.28 Å². The Balaban J connectivity index is 2.12. The molecule has 0 atom stereocenters. The molecule has 0 fully saturated rings. The number of para-hydroxylation sites is 1. The second kappa shape index (κ2) is 6.65. The summed E-state index contributed by atoms with van der Waals surface area (Å²) in [4.78, 5) is 8.45. The number of nitrogens with zero attached hydrogens (tertiary/aromatic N) is 2. The minimum atomic E-state index is 0.264. The van der Waals surface area contributed by atoms with Gasteiger partial charge in [-0.3, -0.25) is 0 Å². The number of anilines is 1. The molecule has 19 heavy (non-hydrogen) atoms. The van der Waals surface area contributed by atoms with Gasteiger partial charge in [0.1, 0.15) is 5.82 Å². The largest absolute Gasteiger partial charge is 0.369 e. The van der Waals surface area contributed by atoms with Gasteiger partial charge >= 0.3 is 0 Å². The topological polar surface area (TPSA) is 61.9 Å². The van der Waals surface area contributed by atoms with Crippen molar-refractivity contribution in [3.63, 3.8) is 0 Å². The summed E-state index contributed by atoms with van der Waals surface area (Å²) >= 11 is 5.93. The van der Waals surface area contributed by atoms with E-state index in [4.69, 9.17) is 11.6 Å². The van der Waals surface area contributed by atoms with E-state index in [0.29, 0.717) is 0 Å². The lowest BCUT2D eigenvalue weighted by atomic mass is 10.2. The van der Waals surface area contributed by atoms with Crippen molar-refractivity contribution in [3.8, 4) is 0 Å². The van der Waals surface area contributed by atoms with Gasteiger partial charge in [0.25, 0.3) is 0 Å². The molecular formula is C13H18ClN5. The van der Waals surface area contributed by atoms with Gasteiger partial charge in [0.2, 0.25) is 5.28 Å². The van der Waals surface area contributed by atoms with Crippen LogP contribution in [0.5, 0.6) is 0 Å². The quantitative estimate of drug-likeness (QED) is 0.556. The first-order chi connectivity index (χ1) is 9.24. The van der Waals surface area contributed by atoms with Crippen LogP contribution in [0.3, 0.4) is 0 Å².